The second kappa shape index (κ2) is 9.74. The number of guanidine groups is 1. The van der Waals surface area contributed by atoms with Gasteiger partial charge in [0.25, 0.3) is 0 Å². The van der Waals surface area contributed by atoms with Crippen molar-refractivity contribution in [2.45, 2.75) is 33.2 Å². The maximum Gasteiger partial charge on any atom is 0.191 e. The van der Waals surface area contributed by atoms with E-state index < -0.39 is 0 Å². The van der Waals surface area contributed by atoms with E-state index in [9.17, 15) is 0 Å². The SMILES string of the molecule is CN=C(NCCCc1ccccc1)NCc1c(C)nn(-c2ccccc2)c1C. The van der Waals surface area contributed by atoms with E-state index in [4.69, 9.17) is 5.10 Å². The molecular weight excluding hydrogens is 346 g/mol. The lowest BCUT2D eigenvalue weighted by Gasteiger charge is -2.12. The highest BCUT2D eigenvalue weighted by molar-refractivity contribution is 5.79. The summed E-state index contributed by atoms with van der Waals surface area (Å²) in [5.41, 5.74) is 5.84. The average molecular weight is 376 g/mol. The molecule has 0 saturated heterocycles. The van der Waals surface area contributed by atoms with Crippen molar-refractivity contribution in [2.24, 2.45) is 4.99 Å². The molecule has 2 N–H and O–H groups in total. The van der Waals surface area contributed by atoms with Crippen LogP contribution in [-0.2, 0) is 13.0 Å². The second-order valence-corrected chi connectivity index (χ2v) is 6.84. The highest BCUT2D eigenvalue weighted by atomic mass is 15.3. The van der Waals surface area contributed by atoms with Crippen molar-refractivity contribution >= 4 is 5.96 Å². The lowest BCUT2D eigenvalue weighted by atomic mass is 10.1. The largest absolute Gasteiger partial charge is 0.356 e. The first-order valence-electron chi connectivity index (χ1n) is 9.78. The number of aliphatic imine (C=N–C) groups is 1. The number of aryl methyl sites for hydroxylation is 2. The van der Waals surface area contributed by atoms with Crippen LogP contribution in [0.1, 0.15) is 28.9 Å². The summed E-state index contributed by atoms with van der Waals surface area (Å²) in [7, 11) is 1.81. The van der Waals surface area contributed by atoms with Crippen molar-refractivity contribution < 1.29 is 0 Å². The van der Waals surface area contributed by atoms with E-state index in [0.717, 1.165) is 42.4 Å². The Kier molecular flexibility index (Phi) is 6.84. The van der Waals surface area contributed by atoms with Crippen LogP contribution in [0.5, 0.6) is 0 Å². The third kappa shape index (κ3) is 5.00. The summed E-state index contributed by atoms with van der Waals surface area (Å²) in [4.78, 5) is 4.34. The van der Waals surface area contributed by atoms with Gasteiger partial charge >= 0.3 is 0 Å². The van der Waals surface area contributed by atoms with Gasteiger partial charge in [-0.15, -0.1) is 0 Å². The number of benzene rings is 2. The summed E-state index contributed by atoms with van der Waals surface area (Å²) in [6.45, 7) is 5.75. The van der Waals surface area contributed by atoms with Crippen molar-refractivity contribution in [1.82, 2.24) is 20.4 Å². The van der Waals surface area contributed by atoms with E-state index in [1.807, 2.05) is 22.9 Å². The molecule has 0 amide bonds. The van der Waals surface area contributed by atoms with Crippen LogP contribution >= 0.6 is 0 Å². The molecule has 1 heterocycles. The monoisotopic (exact) mass is 375 g/mol. The second-order valence-electron chi connectivity index (χ2n) is 6.84. The van der Waals surface area contributed by atoms with Gasteiger partial charge in [0, 0.05) is 31.4 Å². The van der Waals surface area contributed by atoms with Gasteiger partial charge in [0.1, 0.15) is 0 Å². The Hall–Kier alpha value is -3.08. The van der Waals surface area contributed by atoms with Crippen LogP contribution in [0.15, 0.2) is 65.7 Å². The molecule has 0 spiro atoms. The molecule has 146 valence electrons. The molecule has 0 aliphatic carbocycles. The molecule has 28 heavy (non-hydrogen) atoms. The molecule has 0 saturated carbocycles. The number of rotatable bonds is 7. The Morgan fingerprint density at radius 2 is 1.64 bits per heavy atom. The highest BCUT2D eigenvalue weighted by Gasteiger charge is 2.13. The normalized spacial score (nSPS) is 11.5. The molecule has 0 bridgehead atoms. The fraction of sp³-hybridized carbons (Fsp3) is 0.304. The Morgan fingerprint density at radius 3 is 2.32 bits per heavy atom. The van der Waals surface area contributed by atoms with Gasteiger partial charge < -0.3 is 10.6 Å². The smallest absolute Gasteiger partial charge is 0.191 e. The van der Waals surface area contributed by atoms with E-state index in [2.05, 4.69) is 71.9 Å². The van der Waals surface area contributed by atoms with Gasteiger partial charge in [-0.2, -0.15) is 5.10 Å². The van der Waals surface area contributed by atoms with Crippen LogP contribution < -0.4 is 10.6 Å². The van der Waals surface area contributed by atoms with Crippen molar-refractivity contribution in [2.75, 3.05) is 13.6 Å². The van der Waals surface area contributed by atoms with E-state index >= 15 is 0 Å². The molecule has 3 rings (SSSR count). The van der Waals surface area contributed by atoms with Crippen LogP contribution in [0, 0.1) is 13.8 Å². The quantitative estimate of drug-likeness (QED) is 0.375. The van der Waals surface area contributed by atoms with Crippen LogP contribution in [0.25, 0.3) is 5.69 Å². The van der Waals surface area contributed by atoms with Gasteiger partial charge in [-0.3, -0.25) is 4.99 Å². The van der Waals surface area contributed by atoms with E-state index in [-0.39, 0.29) is 0 Å². The van der Waals surface area contributed by atoms with Gasteiger partial charge in [0.15, 0.2) is 5.96 Å². The summed E-state index contributed by atoms with van der Waals surface area (Å²) in [6, 6.07) is 20.8. The van der Waals surface area contributed by atoms with Crippen LogP contribution in [-0.4, -0.2) is 29.3 Å². The minimum atomic E-state index is 0.697. The van der Waals surface area contributed by atoms with Crippen molar-refractivity contribution in [3.8, 4) is 5.69 Å². The first-order valence-corrected chi connectivity index (χ1v) is 9.78. The minimum Gasteiger partial charge on any atom is -0.356 e. The molecule has 0 atom stereocenters. The summed E-state index contributed by atoms with van der Waals surface area (Å²) in [6.07, 6.45) is 2.13. The topological polar surface area (TPSA) is 54.2 Å². The van der Waals surface area contributed by atoms with Crippen LogP contribution in [0.2, 0.25) is 0 Å². The van der Waals surface area contributed by atoms with Gasteiger partial charge in [0.05, 0.1) is 11.4 Å². The summed E-state index contributed by atoms with van der Waals surface area (Å²) in [5, 5.41) is 11.5. The Bertz CT molecular complexity index is 898. The van der Waals surface area contributed by atoms with Crippen molar-refractivity contribution in [3.05, 3.63) is 83.2 Å². The van der Waals surface area contributed by atoms with Gasteiger partial charge in [-0.1, -0.05) is 48.5 Å². The van der Waals surface area contributed by atoms with Gasteiger partial charge in [0.2, 0.25) is 0 Å². The van der Waals surface area contributed by atoms with E-state index in [1.54, 1.807) is 7.05 Å². The fourth-order valence-electron chi connectivity index (χ4n) is 3.29. The zero-order valence-corrected chi connectivity index (χ0v) is 16.9. The zero-order chi connectivity index (χ0) is 19.8. The molecule has 0 aliphatic heterocycles. The standard InChI is InChI=1S/C23H29N5/c1-18-22(19(2)28(27-18)21-14-8-5-9-15-21)17-26-23(24-3)25-16-10-13-20-11-6-4-7-12-20/h4-9,11-12,14-15H,10,13,16-17H2,1-3H3,(H2,24,25,26). The van der Waals surface area contributed by atoms with Crippen molar-refractivity contribution in [1.29, 1.82) is 0 Å². The number of nitrogens with zero attached hydrogens (tertiary/aromatic N) is 3. The van der Waals surface area contributed by atoms with Crippen LogP contribution in [0.4, 0.5) is 0 Å². The molecule has 1 aromatic heterocycles. The fourth-order valence-corrected chi connectivity index (χ4v) is 3.29. The number of hydrogen-bond donors (Lipinski definition) is 2. The molecule has 0 radical (unpaired) electrons. The lowest BCUT2D eigenvalue weighted by Crippen LogP contribution is -2.37. The number of nitrogens with one attached hydrogen (secondary N) is 2. The third-order valence-electron chi connectivity index (χ3n) is 4.88. The highest BCUT2D eigenvalue weighted by Crippen LogP contribution is 2.17. The molecule has 5 heteroatoms. The maximum absolute atomic E-state index is 4.71. The van der Waals surface area contributed by atoms with Gasteiger partial charge in [-0.05, 0) is 44.4 Å². The molecule has 2 aromatic carbocycles. The van der Waals surface area contributed by atoms with Crippen LogP contribution in [0.3, 0.4) is 0 Å². The summed E-state index contributed by atoms with van der Waals surface area (Å²) in [5.74, 6) is 0.819. The Morgan fingerprint density at radius 1 is 0.964 bits per heavy atom. The number of hydrogen-bond acceptors (Lipinski definition) is 2. The zero-order valence-electron chi connectivity index (χ0n) is 16.9. The average Bonchev–Trinajstić information content (AvgIpc) is 3.02. The summed E-state index contributed by atoms with van der Waals surface area (Å²) >= 11 is 0. The Labute approximate surface area is 167 Å². The maximum atomic E-state index is 4.71. The number of aromatic nitrogens is 2. The van der Waals surface area contributed by atoms with E-state index in [0.29, 0.717) is 6.54 Å². The van der Waals surface area contributed by atoms with Crippen molar-refractivity contribution in [3.63, 3.8) is 0 Å². The molecule has 0 fully saturated rings. The molecule has 0 unspecified atom stereocenters. The lowest BCUT2D eigenvalue weighted by molar-refractivity contribution is 0.740. The first-order chi connectivity index (χ1) is 13.7. The third-order valence-corrected chi connectivity index (χ3v) is 4.88. The Balaban J connectivity index is 1.53. The van der Waals surface area contributed by atoms with Gasteiger partial charge in [-0.25, -0.2) is 4.68 Å². The molecule has 5 nitrogen and oxygen atoms in total. The minimum absolute atomic E-state index is 0.697. The molecule has 3 aromatic rings. The molecular formula is C23H29N5. The van der Waals surface area contributed by atoms with E-state index in [1.165, 1.54) is 11.1 Å². The first kappa shape index (κ1) is 19.7. The number of para-hydroxylation sites is 1. The predicted molar refractivity (Wildman–Crippen MR) is 116 cm³/mol. The summed E-state index contributed by atoms with van der Waals surface area (Å²) < 4.78 is 2.00. The predicted octanol–water partition coefficient (Wildman–Crippen LogP) is 3.79. The molecule has 0 aliphatic rings.